The molecule has 0 aromatic heterocycles. The molecule has 1 fully saturated rings. The highest BCUT2D eigenvalue weighted by molar-refractivity contribution is 5.95. The van der Waals surface area contributed by atoms with Gasteiger partial charge in [0.25, 0.3) is 11.6 Å². The minimum absolute atomic E-state index is 0.104. The number of nitrogens with one attached hydrogen (secondary N) is 1. The standard InChI is InChI=1S/C14H17N3O4/c1-2-15-14(19)10-3-4-12(13(9-10)17(20)21)16-7-5-11(18)6-8-16/h3-4,9H,2,5-8H2,1H3,(H,15,19). The third-order valence-electron chi connectivity index (χ3n) is 3.43. The number of rotatable bonds is 4. The number of amides is 1. The molecule has 7 nitrogen and oxygen atoms in total. The quantitative estimate of drug-likeness (QED) is 0.670. The van der Waals surface area contributed by atoms with Crippen LogP contribution in [-0.4, -0.2) is 36.2 Å². The normalized spacial score (nSPS) is 14.9. The van der Waals surface area contributed by atoms with E-state index < -0.39 is 4.92 Å². The highest BCUT2D eigenvalue weighted by Crippen LogP contribution is 2.30. The molecule has 21 heavy (non-hydrogen) atoms. The third-order valence-corrected chi connectivity index (χ3v) is 3.43. The minimum atomic E-state index is -0.492. The van der Waals surface area contributed by atoms with Gasteiger partial charge in [0.15, 0.2) is 0 Å². The Balaban J connectivity index is 2.31. The van der Waals surface area contributed by atoms with Gasteiger partial charge in [0.1, 0.15) is 11.5 Å². The lowest BCUT2D eigenvalue weighted by Gasteiger charge is -2.27. The van der Waals surface area contributed by atoms with Crippen LogP contribution in [0.25, 0.3) is 0 Å². The van der Waals surface area contributed by atoms with Crippen LogP contribution >= 0.6 is 0 Å². The number of ketones is 1. The highest BCUT2D eigenvalue weighted by Gasteiger charge is 2.24. The molecule has 2 rings (SSSR count). The number of anilines is 1. The zero-order chi connectivity index (χ0) is 15.4. The van der Waals surface area contributed by atoms with Gasteiger partial charge in [-0.3, -0.25) is 19.7 Å². The molecule has 1 saturated heterocycles. The Morgan fingerprint density at radius 3 is 2.62 bits per heavy atom. The maximum Gasteiger partial charge on any atom is 0.293 e. The Morgan fingerprint density at radius 1 is 1.38 bits per heavy atom. The van der Waals surface area contributed by atoms with Crippen molar-refractivity contribution >= 4 is 23.1 Å². The topological polar surface area (TPSA) is 92.6 Å². The molecule has 0 saturated carbocycles. The molecule has 1 aliphatic heterocycles. The second-order valence-electron chi connectivity index (χ2n) is 4.85. The minimum Gasteiger partial charge on any atom is -0.365 e. The van der Waals surface area contributed by atoms with Crippen molar-refractivity contribution in [3.05, 3.63) is 33.9 Å². The van der Waals surface area contributed by atoms with Gasteiger partial charge in [-0.2, -0.15) is 0 Å². The number of piperidine rings is 1. The van der Waals surface area contributed by atoms with Gasteiger partial charge >= 0.3 is 0 Å². The molecule has 0 spiro atoms. The number of carbonyl (C=O) groups excluding carboxylic acids is 2. The van der Waals surface area contributed by atoms with Crippen molar-refractivity contribution in [3.8, 4) is 0 Å². The van der Waals surface area contributed by atoms with E-state index in [-0.39, 0.29) is 22.9 Å². The first-order chi connectivity index (χ1) is 10.0. The summed E-state index contributed by atoms with van der Waals surface area (Å²) in [6.45, 7) is 3.19. The summed E-state index contributed by atoms with van der Waals surface area (Å²) in [7, 11) is 0. The Bertz CT molecular complexity index is 576. The first-order valence-corrected chi connectivity index (χ1v) is 6.86. The fourth-order valence-electron chi connectivity index (χ4n) is 2.34. The Labute approximate surface area is 122 Å². The Hall–Kier alpha value is -2.44. The van der Waals surface area contributed by atoms with Gasteiger partial charge in [0.05, 0.1) is 4.92 Å². The van der Waals surface area contributed by atoms with E-state index in [1.165, 1.54) is 6.07 Å². The molecule has 1 aromatic carbocycles. The summed E-state index contributed by atoms with van der Waals surface area (Å²) >= 11 is 0. The fraction of sp³-hybridized carbons (Fsp3) is 0.429. The van der Waals surface area contributed by atoms with E-state index in [4.69, 9.17) is 0 Å². The molecular formula is C14H17N3O4. The first kappa shape index (κ1) is 15.0. The Kier molecular flexibility index (Phi) is 4.52. The van der Waals surface area contributed by atoms with Crippen LogP contribution in [0.4, 0.5) is 11.4 Å². The summed E-state index contributed by atoms with van der Waals surface area (Å²) in [5, 5.41) is 13.9. The molecule has 0 radical (unpaired) electrons. The van der Waals surface area contributed by atoms with E-state index >= 15 is 0 Å². The molecule has 1 N–H and O–H groups in total. The van der Waals surface area contributed by atoms with Gasteiger partial charge in [0, 0.05) is 44.1 Å². The first-order valence-electron chi connectivity index (χ1n) is 6.86. The van der Waals surface area contributed by atoms with E-state index in [0.717, 1.165) is 0 Å². The summed E-state index contributed by atoms with van der Waals surface area (Å²) in [6.07, 6.45) is 0.796. The lowest BCUT2D eigenvalue weighted by Crippen LogP contribution is -2.34. The average Bonchev–Trinajstić information content (AvgIpc) is 2.47. The molecule has 1 aliphatic rings. The number of hydrogen-bond acceptors (Lipinski definition) is 5. The smallest absolute Gasteiger partial charge is 0.293 e. The van der Waals surface area contributed by atoms with Crippen LogP contribution in [0, 0.1) is 10.1 Å². The predicted octanol–water partition coefficient (Wildman–Crippen LogP) is 1.51. The molecule has 7 heteroatoms. The van der Waals surface area contributed by atoms with Crippen molar-refractivity contribution in [1.82, 2.24) is 5.32 Å². The number of benzene rings is 1. The lowest BCUT2D eigenvalue weighted by molar-refractivity contribution is -0.384. The van der Waals surface area contributed by atoms with Crippen molar-refractivity contribution < 1.29 is 14.5 Å². The van der Waals surface area contributed by atoms with Crippen LogP contribution in [0.15, 0.2) is 18.2 Å². The molecular weight excluding hydrogens is 274 g/mol. The van der Waals surface area contributed by atoms with Crippen LogP contribution in [0.3, 0.4) is 0 Å². The average molecular weight is 291 g/mol. The summed E-state index contributed by atoms with van der Waals surface area (Å²) < 4.78 is 0. The maximum atomic E-state index is 11.8. The van der Waals surface area contributed by atoms with Crippen molar-refractivity contribution in [2.24, 2.45) is 0 Å². The molecule has 1 heterocycles. The molecule has 1 amide bonds. The molecule has 1 aromatic rings. The van der Waals surface area contributed by atoms with E-state index in [1.54, 1.807) is 19.1 Å². The summed E-state index contributed by atoms with van der Waals surface area (Å²) in [5.74, 6) is -0.159. The number of nitrogens with zero attached hydrogens (tertiary/aromatic N) is 2. The maximum absolute atomic E-state index is 11.8. The van der Waals surface area contributed by atoms with E-state index in [1.807, 2.05) is 4.90 Å². The monoisotopic (exact) mass is 291 g/mol. The number of hydrogen-bond donors (Lipinski definition) is 1. The molecule has 112 valence electrons. The molecule has 0 bridgehead atoms. The zero-order valence-corrected chi connectivity index (χ0v) is 11.8. The molecule has 0 aliphatic carbocycles. The van der Waals surface area contributed by atoms with Crippen LogP contribution in [0.5, 0.6) is 0 Å². The van der Waals surface area contributed by atoms with Crippen molar-refractivity contribution in [1.29, 1.82) is 0 Å². The van der Waals surface area contributed by atoms with Gasteiger partial charge in [-0.1, -0.05) is 0 Å². The van der Waals surface area contributed by atoms with Crippen LogP contribution in [0.2, 0.25) is 0 Å². The lowest BCUT2D eigenvalue weighted by atomic mass is 10.1. The molecule has 0 unspecified atom stereocenters. The third kappa shape index (κ3) is 3.36. The number of Topliss-reactive ketones (excluding diaryl/α,β-unsaturated/α-hetero) is 1. The van der Waals surface area contributed by atoms with E-state index in [2.05, 4.69) is 5.32 Å². The second-order valence-corrected chi connectivity index (χ2v) is 4.85. The largest absolute Gasteiger partial charge is 0.365 e. The van der Waals surface area contributed by atoms with Gasteiger partial charge in [-0.25, -0.2) is 0 Å². The van der Waals surface area contributed by atoms with Crippen LogP contribution in [-0.2, 0) is 4.79 Å². The predicted molar refractivity (Wildman–Crippen MR) is 77.6 cm³/mol. The fourth-order valence-corrected chi connectivity index (χ4v) is 2.34. The molecule has 0 atom stereocenters. The second kappa shape index (κ2) is 6.34. The van der Waals surface area contributed by atoms with E-state index in [0.29, 0.717) is 38.2 Å². The van der Waals surface area contributed by atoms with Gasteiger partial charge < -0.3 is 10.2 Å². The summed E-state index contributed by atoms with van der Waals surface area (Å²) in [4.78, 5) is 35.6. The summed E-state index contributed by atoms with van der Waals surface area (Å²) in [6, 6.07) is 4.44. The SMILES string of the molecule is CCNC(=O)c1ccc(N2CCC(=O)CC2)c([N+](=O)[O-])c1. The number of carbonyl (C=O) groups is 2. The summed E-state index contributed by atoms with van der Waals surface area (Å²) in [5.41, 5.74) is 0.619. The van der Waals surface area contributed by atoms with Gasteiger partial charge in [-0.05, 0) is 19.1 Å². The van der Waals surface area contributed by atoms with Crippen LogP contribution in [0.1, 0.15) is 30.1 Å². The number of nitro groups is 1. The van der Waals surface area contributed by atoms with Crippen LogP contribution < -0.4 is 10.2 Å². The highest BCUT2D eigenvalue weighted by atomic mass is 16.6. The number of nitro benzene ring substituents is 1. The van der Waals surface area contributed by atoms with E-state index in [9.17, 15) is 19.7 Å². The Morgan fingerprint density at radius 2 is 2.05 bits per heavy atom. The van der Waals surface area contributed by atoms with Gasteiger partial charge in [0.2, 0.25) is 0 Å². The zero-order valence-electron chi connectivity index (χ0n) is 11.8. The van der Waals surface area contributed by atoms with Crippen molar-refractivity contribution in [2.75, 3.05) is 24.5 Å². The van der Waals surface area contributed by atoms with Gasteiger partial charge in [-0.15, -0.1) is 0 Å². The van der Waals surface area contributed by atoms with Crippen molar-refractivity contribution in [3.63, 3.8) is 0 Å². The van der Waals surface area contributed by atoms with Crippen molar-refractivity contribution in [2.45, 2.75) is 19.8 Å².